The number of hydrogen-bond acceptors (Lipinski definition) is 7. The molecule has 0 saturated carbocycles. The molecule has 0 saturated heterocycles. The van der Waals surface area contributed by atoms with E-state index in [0.717, 1.165) is 11.8 Å². The van der Waals surface area contributed by atoms with Crippen LogP contribution < -0.4 is 15.4 Å². The number of methoxy groups -OCH3 is 2. The van der Waals surface area contributed by atoms with Crippen molar-refractivity contribution in [2.24, 2.45) is 5.92 Å². The van der Waals surface area contributed by atoms with Gasteiger partial charge in [0.1, 0.15) is 11.7 Å². The topological polar surface area (TPSA) is 118 Å². The standard InChI is InChI=1S/C23H20ClN3O5S/c1-31-16-9-3-13(4-10-16)19-17(11-25)22(27-21(29)20(19)23(30)32-2)33-12-18(28)26-15-7-5-14(24)6-8-15/h3-10,19-20H,12H2,1-2H3,(H,26,28)(H,27,29)/t19-,20-/m0/s1. The summed E-state index contributed by atoms with van der Waals surface area (Å²) >= 11 is 6.85. The van der Waals surface area contributed by atoms with Crippen LogP contribution in [0.4, 0.5) is 5.69 Å². The molecule has 10 heteroatoms. The first-order valence-electron chi connectivity index (χ1n) is 9.73. The minimum atomic E-state index is -1.25. The summed E-state index contributed by atoms with van der Waals surface area (Å²) in [5, 5.41) is 16.0. The van der Waals surface area contributed by atoms with Crippen LogP contribution >= 0.6 is 23.4 Å². The average molecular weight is 486 g/mol. The number of nitrogens with zero attached hydrogens (tertiary/aromatic N) is 1. The van der Waals surface area contributed by atoms with Gasteiger partial charge in [-0.3, -0.25) is 14.4 Å². The van der Waals surface area contributed by atoms with Crippen molar-refractivity contribution < 1.29 is 23.9 Å². The average Bonchev–Trinajstić information content (AvgIpc) is 2.83. The normalized spacial score (nSPS) is 17.6. The third-order valence-electron chi connectivity index (χ3n) is 4.93. The van der Waals surface area contributed by atoms with Crippen LogP contribution in [0.2, 0.25) is 5.02 Å². The lowest BCUT2D eigenvalue weighted by atomic mass is 9.78. The number of ether oxygens (including phenoxy) is 2. The zero-order valence-electron chi connectivity index (χ0n) is 17.8. The van der Waals surface area contributed by atoms with Gasteiger partial charge < -0.3 is 20.1 Å². The first kappa shape index (κ1) is 24.2. The van der Waals surface area contributed by atoms with E-state index in [-0.39, 0.29) is 22.3 Å². The third kappa shape index (κ3) is 5.66. The van der Waals surface area contributed by atoms with E-state index in [1.807, 2.05) is 0 Å². The fourth-order valence-corrected chi connectivity index (χ4v) is 4.33. The molecule has 170 valence electrons. The molecule has 0 fully saturated rings. The molecule has 0 radical (unpaired) electrons. The summed E-state index contributed by atoms with van der Waals surface area (Å²) in [6.45, 7) is 0. The predicted octanol–water partition coefficient (Wildman–Crippen LogP) is 3.46. The van der Waals surface area contributed by atoms with Crippen molar-refractivity contribution in [1.82, 2.24) is 5.32 Å². The Bertz CT molecular complexity index is 1130. The molecule has 0 bridgehead atoms. The van der Waals surface area contributed by atoms with Crippen molar-refractivity contribution in [1.29, 1.82) is 5.26 Å². The van der Waals surface area contributed by atoms with E-state index in [2.05, 4.69) is 16.7 Å². The predicted molar refractivity (Wildman–Crippen MR) is 125 cm³/mol. The Morgan fingerprint density at radius 3 is 2.39 bits per heavy atom. The molecule has 2 amide bonds. The Kier molecular flexibility index (Phi) is 7.98. The molecule has 1 aliphatic heterocycles. The molecule has 33 heavy (non-hydrogen) atoms. The van der Waals surface area contributed by atoms with Crippen LogP contribution in [0, 0.1) is 17.2 Å². The summed E-state index contributed by atoms with van der Waals surface area (Å²) in [7, 11) is 2.70. The summed E-state index contributed by atoms with van der Waals surface area (Å²) in [6.07, 6.45) is 0. The van der Waals surface area contributed by atoms with E-state index in [4.69, 9.17) is 21.1 Å². The van der Waals surface area contributed by atoms with Gasteiger partial charge in [-0.05, 0) is 42.0 Å². The van der Waals surface area contributed by atoms with Gasteiger partial charge in [0.25, 0.3) is 0 Å². The summed E-state index contributed by atoms with van der Waals surface area (Å²) in [4.78, 5) is 37.6. The zero-order valence-corrected chi connectivity index (χ0v) is 19.3. The van der Waals surface area contributed by atoms with E-state index in [1.54, 1.807) is 48.5 Å². The van der Waals surface area contributed by atoms with Crippen molar-refractivity contribution >= 4 is 46.8 Å². The van der Waals surface area contributed by atoms with Gasteiger partial charge in [-0.1, -0.05) is 35.5 Å². The van der Waals surface area contributed by atoms with E-state index < -0.39 is 23.7 Å². The van der Waals surface area contributed by atoms with Crippen LogP contribution in [0.3, 0.4) is 0 Å². The molecule has 0 unspecified atom stereocenters. The number of nitriles is 1. The highest BCUT2D eigenvalue weighted by Gasteiger charge is 2.44. The van der Waals surface area contributed by atoms with Crippen molar-refractivity contribution in [2.75, 3.05) is 25.3 Å². The van der Waals surface area contributed by atoms with Gasteiger partial charge in [0.15, 0.2) is 0 Å². The lowest BCUT2D eigenvalue weighted by Gasteiger charge is -2.31. The van der Waals surface area contributed by atoms with Crippen LogP contribution in [-0.2, 0) is 19.1 Å². The molecule has 8 nitrogen and oxygen atoms in total. The maximum atomic E-state index is 12.8. The molecular weight excluding hydrogens is 466 g/mol. The molecule has 0 aromatic heterocycles. The second-order valence-electron chi connectivity index (χ2n) is 6.94. The maximum Gasteiger partial charge on any atom is 0.319 e. The third-order valence-corrected chi connectivity index (χ3v) is 6.20. The van der Waals surface area contributed by atoms with Crippen LogP contribution in [0.25, 0.3) is 0 Å². The van der Waals surface area contributed by atoms with Crippen LogP contribution in [0.5, 0.6) is 5.75 Å². The van der Waals surface area contributed by atoms with Gasteiger partial charge in [0.2, 0.25) is 11.8 Å². The number of allylic oxidation sites excluding steroid dienone is 1. The van der Waals surface area contributed by atoms with Gasteiger partial charge in [-0.2, -0.15) is 5.26 Å². The van der Waals surface area contributed by atoms with Crippen molar-refractivity contribution in [3.05, 3.63) is 69.7 Å². The highest BCUT2D eigenvalue weighted by atomic mass is 35.5. The summed E-state index contributed by atoms with van der Waals surface area (Å²) in [5.74, 6) is -3.30. The highest BCUT2D eigenvalue weighted by Crippen LogP contribution is 2.40. The number of carbonyl (C=O) groups is 3. The Hall–Kier alpha value is -3.48. The smallest absolute Gasteiger partial charge is 0.319 e. The number of carbonyl (C=O) groups excluding carboxylic acids is 3. The van der Waals surface area contributed by atoms with Gasteiger partial charge in [-0.25, -0.2) is 0 Å². The Morgan fingerprint density at radius 1 is 1.15 bits per heavy atom. The van der Waals surface area contributed by atoms with Gasteiger partial charge in [0, 0.05) is 16.6 Å². The first-order chi connectivity index (χ1) is 15.9. The minimum Gasteiger partial charge on any atom is -0.497 e. The molecule has 1 heterocycles. The number of hydrogen-bond donors (Lipinski definition) is 2. The molecule has 2 aromatic rings. The second kappa shape index (κ2) is 10.9. The fraction of sp³-hybridized carbons (Fsp3) is 0.217. The molecular formula is C23H20ClN3O5S. The van der Waals surface area contributed by atoms with Gasteiger partial charge in [-0.15, -0.1) is 0 Å². The number of amides is 2. The number of halogens is 1. The van der Waals surface area contributed by atoms with Crippen molar-refractivity contribution in [2.45, 2.75) is 5.92 Å². The Labute approximate surface area is 199 Å². The molecule has 3 rings (SSSR count). The SMILES string of the molecule is COC(=O)[C@@H]1C(=O)NC(SCC(=O)Nc2ccc(Cl)cc2)=C(C#N)[C@@H]1c1ccc(OC)cc1. The first-order valence-corrected chi connectivity index (χ1v) is 11.1. The summed E-state index contributed by atoms with van der Waals surface area (Å²) in [5.41, 5.74) is 1.30. The van der Waals surface area contributed by atoms with E-state index >= 15 is 0 Å². The van der Waals surface area contributed by atoms with E-state index in [1.165, 1.54) is 14.2 Å². The van der Waals surface area contributed by atoms with Gasteiger partial charge >= 0.3 is 5.97 Å². The molecule has 2 atom stereocenters. The van der Waals surface area contributed by atoms with E-state index in [9.17, 15) is 19.6 Å². The number of anilines is 1. The number of benzene rings is 2. The van der Waals surface area contributed by atoms with Crippen LogP contribution in [-0.4, -0.2) is 37.8 Å². The fourth-order valence-electron chi connectivity index (χ4n) is 3.36. The molecule has 2 N–H and O–H groups in total. The summed E-state index contributed by atoms with van der Waals surface area (Å²) < 4.78 is 9.98. The van der Waals surface area contributed by atoms with Crippen molar-refractivity contribution in [3.63, 3.8) is 0 Å². The quantitative estimate of drug-likeness (QED) is 0.455. The largest absolute Gasteiger partial charge is 0.497 e. The molecule has 0 aliphatic carbocycles. The monoisotopic (exact) mass is 485 g/mol. The highest BCUT2D eigenvalue weighted by molar-refractivity contribution is 8.03. The lowest BCUT2D eigenvalue weighted by Crippen LogP contribution is -2.44. The molecule has 1 aliphatic rings. The van der Waals surface area contributed by atoms with Crippen LogP contribution in [0.15, 0.2) is 59.1 Å². The molecule has 2 aromatic carbocycles. The second-order valence-corrected chi connectivity index (χ2v) is 8.36. The number of rotatable bonds is 7. The zero-order chi connectivity index (χ0) is 24.0. The van der Waals surface area contributed by atoms with Gasteiger partial charge in [0.05, 0.1) is 36.6 Å². The number of thioether (sulfide) groups is 1. The minimum absolute atomic E-state index is 0.0678. The van der Waals surface area contributed by atoms with Crippen molar-refractivity contribution in [3.8, 4) is 11.8 Å². The lowest BCUT2D eigenvalue weighted by molar-refractivity contribution is -0.150. The molecule has 0 spiro atoms. The Morgan fingerprint density at radius 2 is 1.82 bits per heavy atom. The summed E-state index contributed by atoms with van der Waals surface area (Å²) in [6, 6.07) is 15.4. The number of esters is 1. The Balaban J connectivity index is 1.88. The number of nitrogens with one attached hydrogen (secondary N) is 2. The maximum absolute atomic E-state index is 12.8. The van der Waals surface area contributed by atoms with Crippen LogP contribution in [0.1, 0.15) is 11.5 Å². The van der Waals surface area contributed by atoms with E-state index in [0.29, 0.717) is 22.0 Å².